The fourth-order valence-corrected chi connectivity index (χ4v) is 6.30. The summed E-state index contributed by atoms with van der Waals surface area (Å²) in [7, 11) is 1.64. The minimum absolute atomic E-state index is 0.152. The highest BCUT2D eigenvalue weighted by Gasteiger charge is 2.11. The summed E-state index contributed by atoms with van der Waals surface area (Å²) in [6, 6.07) is 0. The summed E-state index contributed by atoms with van der Waals surface area (Å²) in [6.07, 6.45) is 2.34. The van der Waals surface area contributed by atoms with Crippen molar-refractivity contribution in [1.82, 2.24) is 4.90 Å². The Balaban J connectivity index is 3.11. The molecule has 0 aromatic carbocycles. The average molecular weight is 1200 g/mol. The van der Waals surface area contributed by atoms with Crippen LogP contribution in [0.15, 0.2) is 0 Å². The largest absolute Gasteiger partial charge is 0.382 e. The lowest BCUT2D eigenvalue weighted by atomic mass is 10.3. The zero-order valence-electron chi connectivity index (χ0n) is 50.9. The molecule has 0 aliphatic carbocycles. The molecule has 0 fully saturated rings. The molecule has 0 atom stereocenters. The topological polar surface area (TPSA) is 242 Å². The van der Waals surface area contributed by atoms with Gasteiger partial charge in [0.1, 0.15) is 0 Å². The maximum absolute atomic E-state index is 12.2. The number of carbonyl (C=O) groups is 1. The first-order valence-corrected chi connectivity index (χ1v) is 29.8. The Hall–Kier alpha value is -1.49. The summed E-state index contributed by atoms with van der Waals surface area (Å²) in [5, 5.41) is 0. The van der Waals surface area contributed by atoms with Gasteiger partial charge >= 0.3 is 0 Å². The predicted molar refractivity (Wildman–Crippen MR) is 302 cm³/mol. The Bertz CT molecular complexity index is 1160. The SMILES string of the molecule is CCCN(CCC)C(=O)CCOCCOCCOCCOCCOCCOCCOCCOCCOCCOCCOCCOCCOCCOCCOCCOCCOCCOCCOCCOCCOCCOCCOCCOC. The molecule has 0 radical (unpaired) electrons. The maximum atomic E-state index is 12.2. The predicted octanol–water partition coefficient (Wildman–Crippen LogP) is 2.05. The van der Waals surface area contributed by atoms with Crippen LogP contribution < -0.4 is 0 Å². The van der Waals surface area contributed by atoms with E-state index in [1.54, 1.807) is 7.11 Å². The Labute approximate surface area is 491 Å². The second-order valence-corrected chi connectivity index (χ2v) is 17.2. The fourth-order valence-electron chi connectivity index (χ4n) is 6.30. The van der Waals surface area contributed by atoms with Gasteiger partial charge in [-0.1, -0.05) is 13.8 Å². The van der Waals surface area contributed by atoms with Crippen molar-refractivity contribution in [3.63, 3.8) is 0 Å². The van der Waals surface area contributed by atoms with Crippen LogP contribution in [0, 0.1) is 0 Å². The van der Waals surface area contributed by atoms with Crippen molar-refractivity contribution in [2.24, 2.45) is 0 Å². The molecule has 0 aromatic rings. The molecule has 0 saturated carbocycles. The third-order valence-electron chi connectivity index (χ3n) is 10.4. The zero-order valence-corrected chi connectivity index (χ0v) is 50.9. The van der Waals surface area contributed by atoms with Gasteiger partial charge in [0.15, 0.2) is 0 Å². The molecule has 82 heavy (non-hydrogen) atoms. The summed E-state index contributed by atoms with van der Waals surface area (Å²) >= 11 is 0. The van der Waals surface area contributed by atoms with Gasteiger partial charge in [-0.25, -0.2) is 0 Å². The van der Waals surface area contributed by atoms with E-state index >= 15 is 0 Å². The smallest absolute Gasteiger partial charge is 0.224 e. The van der Waals surface area contributed by atoms with E-state index in [1.807, 2.05) is 4.90 Å². The highest BCUT2D eigenvalue weighted by molar-refractivity contribution is 5.76. The molecule has 0 bridgehead atoms. The first kappa shape index (κ1) is 80.5. The van der Waals surface area contributed by atoms with Gasteiger partial charge in [0.05, 0.1) is 317 Å². The van der Waals surface area contributed by atoms with E-state index < -0.39 is 0 Å². The van der Waals surface area contributed by atoms with Crippen molar-refractivity contribution >= 4 is 5.91 Å². The van der Waals surface area contributed by atoms with E-state index in [2.05, 4.69) is 13.8 Å². The quantitative estimate of drug-likeness (QED) is 0.0792. The third kappa shape index (κ3) is 71.0. The van der Waals surface area contributed by atoms with Crippen LogP contribution in [0.3, 0.4) is 0 Å². The molecule has 0 rings (SSSR count). The van der Waals surface area contributed by atoms with Crippen LogP contribution in [0.5, 0.6) is 0 Å². The van der Waals surface area contributed by atoms with Gasteiger partial charge in [0.25, 0.3) is 0 Å². The van der Waals surface area contributed by atoms with Gasteiger partial charge in [-0.15, -0.1) is 0 Å². The molecular weight excluding hydrogens is 1090 g/mol. The van der Waals surface area contributed by atoms with Gasteiger partial charge in [0, 0.05) is 20.2 Å². The number of hydrogen-bond acceptors (Lipinski definition) is 25. The molecule has 1 amide bonds. The highest BCUT2D eigenvalue weighted by atomic mass is 16.6. The van der Waals surface area contributed by atoms with Crippen molar-refractivity contribution in [2.75, 3.05) is 331 Å². The monoisotopic (exact) mass is 1200 g/mol. The average Bonchev–Trinajstić information content (AvgIpc) is 3.48. The van der Waals surface area contributed by atoms with Crippen LogP contribution in [0.25, 0.3) is 0 Å². The van der Waals surface area contributed by atoms with E-state index in [4.69, 9.17) is 114 Å². The summed E-state index contributed by atoms with van der Waals surface area (Å²) in [6.45, 7) is 29.0. The molecule has 0 saturated heterocycles. The van der Waals surface area contributed by atoms with E-state index in [1.165, 1.54) is 0 Å². The number of rotatable bonds is 76. The van der Waals surface area contributed by atoms with Gasteiger partial charge in [-0.2, -0.15) is 0 Å². The summed E-state index contributed by atoms with van der Waals surface area (Å²) < 4.78 is 131. The number of nitrogens with zero attached hydrogens (tertiary/aromatic N) is 1. The lowest BCUT2D eigenvalue weighted by Gasteiger charge is -2.21. The van der Waals surface area contributed by atoms with Crippen molar-refractivity contribution in [1.29, 1.82) is 0 Å². The van der Waals surface area contributed by atoms with E-state index in [0.717, 1.165) is 25.9 Å². The molecule has 0 unspecified atom stereocenters. The standard InChI is InChI=1S/C56H113NO25/c1-4-7-57(8-5-2)56(58)6-9-60-12-13-62-16-17-64-20-21-66-24-25-68-28-29-70-32-33-72-36-37-74-40-41-76-44-45-78-48-49-80-52-53-82-55-54-81-51-50-79-47-46-77-43-42-75-39-38-73-35-34-71-31-30-69-27-26-67-23-22-65-19-18-63-15-14-61-11-10-59-3/h4-55H2,1-3H3. The van der Waals surface area contributed by atoms with E-state index in [-0.39, 0.29) is 5.91 Å². The fraction of sp³-hybridized carbons (Fsp3) is 0.982. The van der Waals surface area contributed by atoms with Crippen molar-refractivity contribution in [2.45, 2.75) is 33.1 Å². The zero-order chi connectivity index (χ0) is 58.9. The molecule has 0 spiro atoms. The van der Waals surface area contributed by atoms with E-state index in [9.17, 15) is 4.79 Å². The first-order chi connectivity index (χ1) is 40.8. The van der Waals surface area contributed by atoms with Gasteiger partial charge in [-0.3, -0.25) is 4.79 Å². The molecular formula is C56H113NO25. The molecule has 0 aliphatic rings. The molecule has 26 nitrogen and oxygen atoms in total. The minimum Gasteiger partial charge on any atom is -0.382 e. The van der Waals surface area contributed by atoms with Crippen LogP contribution in [0.1, 0.15) is 33.1 Å². The van der Waals surface area contributed by atoms with Crippen LogP contribution in [-0.2, 0) is 118 Å². The van der Waals surface area contributed by atoms with Crippen molar-refractivity contribution in [3.8, 4) is 0 Å². The molecule has 0 heterocycles. The number of methoxy groups -OCH3 is 1. The minimum atomic E-state index is 0.152. The number of amides is 1. The van der Waals surface area contributed by atoms with Crippen LogP contribution in [0.2, 0.25) is 0 Å². The molecule has 0 aliphatic heterocycles. The summed E-state index contributed by atoms with van der Waals surface area (Å²) in [4.78, 5) is 14.1. The second-order valence-electron chi connectivity index (χ2n) is 17.2. The Kier molecular flexibility index (Phi) is 74.2. The Morgan fingerprint density at radius 1 is 0.207 bits per heavy atom. The number of ether oxygens (including phenoxy) is 24. The van der Waals surface area contributed by atoms with Crippen molar-refractivity contribution in [3.05, 3.63) is 0 Å². The normalized spacial score (nSPS) is 11.7. The van der Waals surface area contributed by atoms with Gasteiger partial charge < -0.3 is 119 Å². The highest BCUT2D eigenvalue weighted by Crippen LogP contribution is 2.00. The summed E-state index contributed by atoms with van der Waals surface area (Å²) in [5.41, 5.74) is 0. The van der Waals surface area contributed by atoms with E-state index in [0.29, 0.717) is 317 Å². The summed E-state index contributed by atoms with van der Waals surface area (Å²) in [5.74, 6) is 0.152. The number of carbonyl (C=O) groups excluding carboxylic acids is 1. The second kappa shape index (κ2) is 75.6. The van der Waals surface area contributed by atoms with Crippen molar-refractivity contribution < 1.29 is 118 Å². The van der Waals surface area contributed by atoms with Gasteiger partial charge in [-0.05, 0) is 12.8 Å². The van der Waals surface area contributed by atoms with Crippen LogP contribution in [-0.4, -0.2) is 342 Å². The van der Waals surface area contributed by atoms with Gasteiger partial charge in [0.2, 0.25) is 5.91 Å². The first-order valence-electron chi connectivity index (χ1n) is 29.8. The Morgan fingerprint density at radius 2 is 0.329 bits per heavy atom. The molecule has 0 N–H and O–H groups in total. The molecule has 492 valence electrons. The third-order valence-corrected chi connectivity index (χ3v) is 10.4. The molecule has 0 aromatic heterocycles. The lowest BCUT2D eigenvalue weighted by molar-refractivity contribution is -0.132. The molecule has 26 heteroatoms. The lowest BCUT2D eigenvalue weighted by Crippen LogP contribution is -2.33. The van der Waals surface area contributed by atoms with Crippen LogP contribution >= 0.6 is 0 Å². The maximum Gasteiger partial charge on any atom is 0.224 e. The van der Waals surface area contributed by atoms with Crippen LogP contribution in [0.4, 0.5) is 0 Å². The number of hydrogen-bond donors (Lipinski definition) is 0. The Morgan fingerprint density at radius 3 is 0.451 bits per heavy atom.